The monoisotopic (exact) mass is 436 g/mol. The summed E-state index contributed by atoms with van der Waals surface area (Å²) in [5, 5.41) is 4.29. The Hall–Kier alpha value is -1.39. The zero-order valence-electron chi connectivity index (χ0n) is 15.2. The fourth-order valence-electron chi connectivity index (χ4n) is 3.24. The van der Waals surface area contributed by atoms with Crippen molar-refractivity contribution < 1.29 is 4.74 Å². The van der Waals surface area contributed by atoms with Gasteiger partial charge >= 0.3 is 0 Å². The molecule has 2 aromatic rings. The summed E-state index contributed by atoms with van der Waals surface area (Å²) in [6.07, 6.45) is 4.82. The van der Waals surface area contributed by atoms with Crippen molar-refractivity contribution in [1.29, 1.82) is 0 Å². The Morgan fingerprint density at radius 1 is 1.12 bits per heavy atom. The van der Waals surface area contributed by atoms with Crippen molar-refractivity contribution in [2.45, 2.75) is 39.2 Å². The zero-order chi connectivity index (χ0) is 18.4. The van der Waals surface area contributed by atoms with Crippen molar-refractivity contribution in [3.05, 3.63) is 51.5 Å². The number of nitrogens with one attached hydrogen (secondary N) is 1. The molecule has 0 aromatic heterocycles. The molecule has 1 aliphatic heterocycles. The van der Waals surface area contributed by atoms with Crippen molar-refractivity contribution >= 4 is 38.9 Å². The molecule has 1 heterocycles. The fourth-order valence-corrected chi connectivity index (χ4v) is 3.95. The van der Waals surface area contributed by atoms with Crippen LogP contribution in [-0.4, -0.2) is 19.7 Å². The predicted molar refractivity (Wildman–Crippen MR) is 115 cm³/mol. The summed E-state index contributed by atoms with van der Waals surface area (Å²) in [6.45, 7) is 5.73. The molecule has 140 valence electrons. The van der Waals surface area contributed by atoms with E-state index in [0.29, 0.717) is 6.54 Å². The molecule has 5 heteroatoms. The van der Waals surface area contributed by atoms with E-state index in [2.05, 4.69) is 51.3 Å². The standard InChI is InChI=1S/C21H26BrClN2O/c1-2-12-26-21-9-6-17(22)13-16(21)15-24-18-7-8-20(19(23)14-18)25-10-4-3-5-11-25/h6-9,13-14,24H,2-5,10-12,15H2,1H3. The minimum atomic E-state index is 0.692. The molecule has 2 aromatic carbocycles. The Labute approximate surface area is 169 Å². The molecule has 3 nitrogen and oxygen atoms in total. The fraction of sp³-hybridized carbons (Fsp3) is 0.429. The number of hydrogen-bond acceptors (Lipinski definition) is 3. The third-order valence-corrected chi connectivity index (χ3v) is 5.41. The number of piperidine rings is 1. The first-order chi connectivity index (χ1) is 12.7. The third-order valence-electron chi connectivity index (χ3n) is 4.61. The topological polar surface area (TPSA) is 24.5 Å². The Kier molecular flexibility index (Phi) is 7.09. The molecule has 0 spiro atoms. The van der Waals surface area contributed by atoms with Crippen LogP contribution in [-0.2, 0) is 6.54 Å². The average Bonchev–Trinajstić information content (AvgIpc) is 2.66. The zero-order valence-corrected chi connectivity index (χ0v) is 17.6. The van der Waals surface area contributed by atoms with Crippen LogP contribution in [0.25, 0.3) is 0 Å². The first-order valence-electron chi connectivity index (χ1n) is 9.37. The molecule has 0 unspecified atom stereocenters. The van der Waals surface area contributed by atoms with Crippen LogP contribution in [0.5, 0.6) is 5.75 Å². The minimum absolute atomic E-state index is 0.692. The number of halogens is 2. The first kappa shape index (κ1) is 19.4. The van der Waals surface area contributed by atoms with Crippen LogP contribution in [0.2, 0.25) is 5.02 Å². The lowest BCUT2D eigenvalue weighted by molar-refractivity contribution is 0.314. The van der Waals surface area contributed by atoms with E-state index in [9.17, 15) is 0 Å². The minimum Gasteiger partial charge on any atom is -0.493 e. The maximum absolute atomic E-state index is 6.56. The Morgan fingerprint density at radius 2 is 1.92 bits per heavy atom. The maximum Gasteiger partial charge on any atom is 0.124 e. The van der Waals surface area contributed by atoms with Gasteiger partial charge < -0.3 is 15.0 Å². The highest BCUT2D eigenvalue weighted by Gasteiger charge is 2.14. The summed E-state index contributed by atoms with van der Waals surface area (Å²) >= 11 is 10.1. The van der Waals surface area contributed by atoms with E-state index in [1.165, 1.54) is 19.3 Å². The van der Waals surface area contributed by atoms with E-state index in [1.54, 1.807) is 0 Å². The van der Waals surface area contributed by atoms with Gasteiger partial charge in [-0.25, -0.2) is 0 Å². The van der Waals surface area contributed by atoms with Gasteiger partial charge in [-0.1, -0.05) is 34.5 Å². The molecule has 26 heavy (non-hydrogen) atoms. The molecular weight excluding hydrogens is 412 g/mol. The summed E-state index contributed by atoms with van der Waals surface area (Å²) in [6, 6.07) is 12.4. The molecule has 0 saturated carbocycles. The summed E-state index contributed by atoms with van der Waals surface area (Å²) < 4.78 is 6.91. The first-order valence-corrected chi connectivity index (χ1v) is 10.5. The molecule has 0 aliphatic carbocycles. The van der Waals surface area contributed by atoms with E-state index in [1.807, 2.05) is 18.2 Å². The van der Waals surface area contributed by atoms with Crippen molar-refractivity contribution in [3.8, 4) is 5.75 Å². The average molecular weight is 438 g/mol. The molecule has 1 fully saturated rings. The van der Waals surface area contributed by atoms with Crippen molar-refractivity contribution in [2.24, 2.45) is 0 Å². The number of rotatable bonds is 7. The van der Waals surface area contributed by atoms with Gasteiger partial charge in [-0.3, -0.25) is 0 Å². The predicted octanol–water partition coefficient (Wildman–Crippen LogP) is 6.49. The number of ether oxygens (including phenoxy) is 1. The summed E-state index contributed by atoms with van der Waals surface area (Å²) in [7, 11) is 0. The third kappa shape index (κ3) is 5.08. The van der Waals surface area contributed by atoms with E-state index in [0.717, 1.165) is 58.3 Å². The Balaban J connectivity index is 1.68. The molecule has 1 aliphatic rings. The van der Waals surface area contributed by atoms with E-state index >= 15 is 0 Å². The Morgan fingerprint density at radius 3 is 2.65 bits per heavy atom. The molecule has 0 bridgehead atoms. The van der Waals surface area contributed by atoms with Crippen LogP contribution in [0.3, 0.4) is 0 Å². The van der Waals surface area contributed by atoms with E-state index in [4.69, 9.17) is 16.3 Å². The van der Waals surface area contributed by atoms with Crippen LogP contribution >= 0.6 is 27.5 Å². The Bertz CT molecular complexity index is 732. The molecule has 0 atom stereocenters. The van der Waals surface area contributed by atoms with Gasteiger partial charge in [-0.15, -0.1) is 0 Å². The highest BCUT2D eigenvalue weighted by molar-refractivity contribution is 9.10. The van der Waals surface area contributed by atoms with Crippen LogP contribution < -0.4 is 15.0 Å². The molecule has 1 N–H and O–H groups in total. The van der Waals surface area contributed by atoms with Gasteiger partial charge in [0.1, 0.15) is 5.75 Å². The van der Waals surface area contributed by atoms with Gasteiger partial charge in [0.05, 0.1) is 17.3 Å². The number of anilines is 2. The van der Waals surface area contributed by atoms with Crippen molar-refractivity contribution in [3.63, 3.8) is 0 Å². The second-order valence-electron chi connectivity index (χ2n) is 6.67. The van der Waals surface area contributed by atoms with Crippen LogP contribution in [0, 0.1) is 0 Å². The molecule has 3 rings (SSSR count). The smallest absolute Gasteiger partial charge is 0.124 e. The van der Waals surface area contributed by atoms with Gasteiger partial charge in [0.2, 0.25) is 0 Å². The van der Waals surface area contributed by atoms with Gasteiger partial charge in [0.25, 0.3) is 0 Å². The number of benzene rings is 2. The largest absolute Gasteiger partial charge is 0.493 e. The molecule has 1 saturated heterocycles. The van der Waals surface area contributed by atoms with Crippen LogP contribution in [0.15, 0.2) is 40.9 Å². The normalized spacial score (nSPS) is 14.3. The lowest BCUT2D eigenvalue weighted by Crippen LogP contribution is -2.29. The van der Waals surface area contributed by atoms with Gasteiger partial charge in [0.15, 0.2) is 0 Å². The van der Waals surface area contributed by atoms with Gasteiger partial charge in [-0.05, 0) is 62.1 Å². The lowest BCUT2D eigenvalue weighted by Gasteiger charge is -2.29. The molecular formula is C21H26BrClN2O. The van der Waals surface area contributed by atoms with Gasteiger partial charge in [-0.2, -0.15) is 0 Å². The SMILES string of the molecule is CCCOc1ccc(Br)cc1CNc1ccc(N2CCCCC2)c(Cl)c1. The van der Waals surface area contributed by atoms with Crippen LogP contribution in [0.4, 0.5) is 11.4 Å². The number of hydrogen-bond donors (Lipinski definition) is 1. The molecule has 0 amide bonds. The highest BCUT2D eigenvalue weighted by atomic mass is 79.9. The maximum atomic E-state index is 6.56. The van der Waals surface area contributed by atoms with Crippen molar-refractivity contribution in [2.75, 3.05) is 29.9 Å². The second kappa shape index (κ2) is 9.52. The summed E-state index contributed by atoms with van der Waals surface area (Å²) in [5.74, 6) is 0.929. The molecule has 0 radical (unpaired) electrons. The van der Waals surface area contributed by atoms with Crippen molar-refractivity contribution in [1.82, 2.24) is 0 Å². The quantitative estimate of drug-likeness (QED) is 0.535. The lowest BCUT2D eigenvalue weighted by atomic mass is 10.1. The van der Waals surface area contributed by atoms with E-state index in [-0.39, 0.29) is 0 Å². The summed E-state index contributed by atoms with van der Waals surface area (Å²) in [5.41, 5.74) is 3.30. The van der Waals surface area contributed by atoms with Crippen LogP contribution in [0.1, 0.15) is 38.2 Å². The van der Waals surface area contributed by atoms with E-state index < -0.39 is 0 Å². The highest BCUT2D eigenvalue weighted by Crippen LogP contribution is 2.31. The number of nitrogens with zero attached hydrogens (tertiary/aromatic N) is 1. The second-order valence-corrected chi connectivity index (χ2v) is 7.99. The summed E-state index contributed by atoms with van der Waals surface area (Å²) in [4.78, 5) is 2.39. The van der Waals surface area contributed by atoms with Gasteiger partial charge in [0, 0.05) is 35.4 Å².